The molecule has 5 nitrogen and oxygen atoms in total. The molecule has 0 aliphatic carbocycles. The lowest BCUT2D eigenvalue weighted by atomic mass is 11.6. The quantitative estimate of drug-likeness (QED) is 0.276. The van der Waals surface area contributed by atoms with Gasteiger partial charge in [0.2, 0.25) is 0 Å². The molecule has 0 radical (unpaired) electrons. The zero-order valence-corrected chi connectivity index (χ0v) is 3.21. The standard InChI is InChI=1S/C2HN3O2/c6-1-3-5-4-2-7/h5H. The molecule has 7 heavy (non-hydrogen) atoms. The largest absolute Gasteiger partial charge is 0.259 e. The van der Waals surface area contributed by atoms with Gasteiger partial charge in [0.05, 0.1) is 0 Å². The summed E-state index contributed by atoms with van der Waals surface area (Å²) >= 11 is 0. The van der Waals surface area contributed by atoms with Gasteiger partial charge in [-0.25, -0.2) is 9.59 Å². The number of isocyanates is 2. The van der Waals surface area contributed by atoms with Gasteiger partial charge < -0.3 is 0 Å². The maximum Gasteiger partial charge on any atom is 0.259 e. The van der Waals surface area contributed by atoms with Crippen molar-refractivity contribution >= 4 is 12.2 Å². The number of carbonyl (C=O) groups excluding carboxylic acids is 2. The molecule has 0 heterocycles. The summed E-state index contributed by atoms with van der Waals surface area (Å²) in [7, 11) is 0. The molecule has 0 aliphatic heterocycles. The monoisotopic (exact) mass is 99.0 g/mol. The summed E-state index contributed by atoms with van der Waals surface area (Å²) in [5.74, 6) is 0. The second kappa shape index (κ2) is 4.56. The van der Waals surface area contributed by atoms with Gasteiger partial charge in [-0.1, -0.05) is 10.2 Å². The van der Waals surface area contributed by atoms with E-state index in [0.29, 0.717) is 0 Å². The van der Waals surface area contributed by atoms with Crippen LogP contribution in [0.3, 0.4) is 0 Å². The van der Waals surface area contributed by atoms with Gasteiger partial charge in [-0.05, 0) is 0 Å². The van der Waals surface area contributed by atoms with E-state index in [4.69, 9.17) is 9.59 Å². The Balaban J connectivity index is 3.33. The van der Waals surface area contributed by atoms with Crippen LogP contribution >= 0.6 is 0 Å². The van der Waals surface area contributed by atoms with Crippen molar-refractivity contribution in [1.82, 2.24) is 5.53 Å². The molecular weight excluding hydrogens is 98.0 g/mol. The van der Waals surface area contributed by atoms with Gasteiger partial charge in [0.15, 0.2) is 0 Å². The molecule has 1 N–H and O–H groups in total. The fourth-order valence-corrected chi connectivity index (χ4v) is 0.0658. The highest BCUT2D eigenvalue weighted by Gasteiger charge is 1.57. The highest BCUT2D eigenvalue weighted by molar-refractivity contribution is 5.34. The molecule has 0 fully saturated rings. The van der Waals surface area contributed by atoms with Crippen LogP contribution in [0.4, 0.5) is 0 Å². The Morgan fingerprint density at radius 2 is 1.57 bits per heavy atom. The van der Waals surface area contributed by atoms with Gasteiger partial charge in [-0.2, -0.15) is 5.53 Å². The first-order valence-electron chi connectivity index (χ1n) is 1.30. The molecule has 0 aromatic heterocycles. The van der Waals surface area contributed by atoms with Crippen LogP contribution in [0, 0.1) is 0 Å². The fourth-order valence-electron chi connectivity index (χ4n) is 0.0658. The van der Waals surface area contributed by atoms with Gasteiger partial charge in [0.1, 0.15) is 0 Å². The molecule has 0 unspecified atom stereocenters. The van der Waals surface area contributed by atoms with E-state index in [-0.39, 0.29) is 0 Å². The Bertz CT molecular complexity index is 114. The minimum atomic E-state index is 1.09. The smallest absolute Gasteiger partial charge is 0.209 e. The zero-order chi connectivity index (χ0) is 5.54. The van der Waals surface area contributed by atoms with E-state index in [0.717, 1.165) is 12.2 Å². The molecule has 0 aromatic carbocycles. The van der Waals surface area contributed by atoms with Gasteiger partial charge in [0, 0.05) is 0 Å². The third-order valence-electron chi connectivity index (χ3n) is 0.191. The SMILES string of the molecule is O=C=NNN=C=O. The number of hydrazone groups is 2. The number of rotatable bonds is 2. The van der Waals surface area contributed by atoms with Gasteiger partial charge in [-0.15, -0.1) is 0 Å². The highest BCUT2D eigenvalue weighted by Crippen LogP contribution is 1.46. The first-order valence-corrected chi connectivity index (χ1v) is 1.30. The Morgan fingerprint density at radius 3 is 1.86 bits per heavy atom. The summed E-state index contributed by atoms with van der Waals surface area (Å²) in [4.78, 5) is 18.3. The summed E-state index contributed by atoms with van der Waals surface area (Å²) in [6.07, 6.45) is 2.19. The Morgan fingerprint density at radius 1 is 1.14 bits per heavy atom. The van der Waals surface area contributed by atoms with Crippen molar-refractivity contribution in [2.24, 2.45) is 10.2 Å². The minimum Gasteiger partial charge on any atom is -0.209 e. The van der Waals surface area contributed by atoms with Crippen LogP contribution in [-0.2, 0) is 9.59 Å². The topological polar surface area (TPSA) is 70.9 Å². The van der Waals surface area contributed by atoms with Crippen molar-refractivity contribution in [3.63, 3.8) is 0 Å². The van der Waals surface area contributed by atoms with E-state index < -0.39 is 0 Å². The Labute approximate surface area is 38.7 Å². The molecule has 0 bridgehead atoms. The summed E-state index contributed by atoms with van der Waals surface area (Å²) in [6.45, 7) is 0. The lowest BCUT2D eigenvalue weighted by Crippen LogP contribution is -1.89. The molecule has 5 heteroatoms. The maximum absolute atomic E-state index is 9.14. The molecular formula is C2HN3O2. The van der Waals surface area contributed by atoms with Crippen molar-refractivity contribution in [3.8, 4) is 0 Å². The van der Waals surface area contributed by atoms with E-state index in [2.05, 4.69) is 10.2 Å². The summed E-state index contributed by atoms with van der Waals surface area (Å²) in [6, 6.07) is 0. The predicted molar refractivity (Wildman–Crippen MR) is 19.4 cm³/mol. The molecule has 36 valence electrons. The van der Waals surface area contributed by atoms with E-state index in [1.165, 1.54) is 0 Å². The van der Waals surface area contributed by atoms with E-state index in [9.17, 15) is 0 Å². The minimum absolute atomic E-state index is 1.09. The maximum atomic E-state index is 9.14. The second-order valence-electron chi connectivity index (χ2n) is 0.506. The van der Waals surface area contributed by atoms with Crippen LogP contribution in [0.25, 0.3) is 0 Å². The average Bonchev–Trinajstić information content (AvgIpc) is 1.69. The first-order chi connectivity index (χ1) is 3.41. The second-order valence-corrected chi connectivity index (χ2v) is 0.506. The van der Waals surface area contributed by atoms with Crippen LogP contribution in [0.5, 0.6) is 0 Å². The zero-order valence-electron chi connectivity index (χ0n) is 3.21. The predicted octanol–water partition coefficient (Wildman–Crippen LogP) is -0.922. The number of nitrogens with one attached hydrogen (secondary N) is 1. The van der Waals surface area contributed by atoms with E-state index in [1.54, 1.807) is 5.53 Å². The van der Waals surface area contributed by atoms with Crippen molar-refractivity contribution in [2.75, 3.05) is 0 Å². The van der Waals surface area contributed by atoms with Gasteiger partial charge in [0.25, 0.3) is 12.2 Å². The molecule has 0 amide bonds. The molecule has 0 aromatic rings. The van der Waals surface area contributed by atoms with Gasteiger partial charge >= 0.3 is 0 Å². The Kier molecular flexibility index (Phi) is 3.62. The number of hydrogen-bond donors (Lipinski definition) is 1. The first kappa shape index (κ1) is 5.56. The van der Waals surface area contributed by atoms with Gasteiger partial charge in [-0.3, -0.25) is 0 Å². The molecule has 0 spiro atoms. The van der Waals surface area contributed by atoms with Crippen molar-refractivity contribution in [2.45, 2.75) is 0 Å². The Hall–Kier alpha value is -1.44. The lowest BCUT2D eigenvalue weighted by molar-refractivity contribution is 0.552. The molecule has 0 atom stereocenters. The van der Waals surface area contributed by atoms with Crippen LogP contribution < -0.4 is 5.53 Å². The van der Waals surface area contributed by atoms with Crippen molar-refractivity contribution < 1.29 is 9.59 Å². The van der Waals surface area contributed by atoms with Crippen molar-refractivity contribution in [3.05, 3.63) is 0 Å². The summed E-state index contributed by atoms with van der Waals surface area (Å²) < 4.78 is 0. The third kappa shape index (κ3) is 4.56. The van der Waals surface area contributed by atoms with Crippen LogP contribution in [0.15, 0.2) is 10.2 Å². The van der Waals surface area contributed by atoms with Crippen LogP contribution in [0.1, 0.15) is 0 Å². The number of nitrogens with zero attached hydrogens (tertiary/aromatic N) is 2. The third-order valence-corrected chi connectivity index (χ3v) is 0.191. The van der Waals surface area contributed by atoms with Crippen molar-refractivity contribution in [1.29, 1.82) is 0 Å². The molecule has 0 saturated carbocycles. The summed E-state index contributed by atoms with van der Waals surface area (Å²) in [5, 5.41) is 5.35. The van der Waals surface area contributed by atoms with Crippen LogP contribution in [0.2, 0.25) is 0 Å². The molecule has 0 saturated heterocycles. The summed E-state index contributed by atoms with van der Waals surface area (Å²) in [5.41, 5.74) is 1.69. The molecule has 0 rings (SSSR count). The fraction of sp³-hybridized carbons (Fsp3) is 0. The average molecular weight is 99.0 g/mol. The number of hydrogen-bond acceptors (Lipinski definition) is 5. The van der Waals surface area contributed by atoms with Crippen LogP contribution in [-0.4, -0.2) is 12.2 Å². The van der Waals surface area contributed by atoms with E-state index >= 15 is 0 Å². The van der Waals surface area contributed by atoms with E-state index in [1.807, 2.05) is 0 Å². The lowest BCUT2D eigenvalue weighted by Gasteiger charge is -1.69. The highest BCUT2D eigenvalue weighted by atomic mass is 16.1. The normalized spacial score (nSPS) is 5.14. The molecule has 0 aliphatic rings.